The highest BCUT2D eigenvalue weighted by atomic mass is 79.9. The summed E-state index contributed by atoms with van der Waals surface area (Å²) in [6.07, 6.45) is 0. The molecule has 0 radical (unpaired) electrons. The molecular formula is C15H14BrClFNO. The summed E-state index contributed by atoms with van der Waals surface area (Å²) in [5, 5.41) is 3.22. The Morgan fingerprint density at radius 2 is 1.85 bits per heavy atom. The molecule has 0 aliphatic rings. The molecule has 0 fully saturated rings. The van der Waals surface area contributed by atoms with Crippen molar-refractivity contribution in [2.75, 3.05) is 7.05 Å². The Hall–Kier alpha value is -1.10. The van der Waals surface area contributed by atoms with Gasteiger partial charge in [0.25, 0.3) is 0 Å². The summed E-state index contributed by atoms with van der Waals surface area (Å²) < 4.78 is 19.7. The lowest BCUT2D eigenvalue weighted by Crippen LogP contribution is -2.12. The molecule has 5 heteroatoms. The van der Waals surface area contributed by atoms with Crippen LogP contribution in [0, 0.1) is 5.82 Å². The Kier molecular flexibility index (Phi) is 5.02. The first-order chi connectivity index (χ1) is 9.51. The van der Waals surface area contributed by atoms with E-state index in [1.807, 2.05) is 25.2 Å². The fourth-order valence-corrected chi connectivity index (χ4v) is 2.63. The molecule has 0 amide bonds. The van der Waals surface area contributed by atoms with Crippen LogP contribution in [0.1, 0.15) is 18.5 Å². The van der Waals surface area contributed by atoms with Crippen molar-refractivity contribution in [2.45, 2.75) is 13.0 Å². The van der Waals surface area contributed by atoms with Crippen LogP contribution in [0.25, 0.3) is 0 Å². The highest BCUT2D eigenvalue weighted by molar-refractivity contribution is 9.10. The number of hydrogen-bond donors (Lipinski definition) is 1. The third-order valence-corrected chi connectivity index (χ3v) is 3.97. The SMILES string of the molecule is CNC(C)c1ccc(Oc2ccc(F)c(Cl)c2)cc1Br. The van der Waals surface area contributed by atoms with E-state index in [9.17, 15) is 4.39 Å². The Balaban J connectivity index is 2.22. The van der Waals surface area contributed by atoms with Crippen molar-refractivity contribution in [1.82, 2.24) is 5.32 Å². The van der Waals surface area contributed by atoms with Gasteiger partial charge >= 0.3 is 0 Å². The highest BCUT2D eigenvalue weighted by Crippen LogP contribution is 2.31. The van der Waals surface area contributed by atoms with Gasteiger partial charge in [-0.15, -0.1) is 0 Å². The van der Waals surface area contributed by atoms with E-state index in [4.69, 9.17) is 16.3 Å². The van der Waals surface area contributed by atoms with Crippen LogP contribution in [-0.2, 0) is 0 Å². The van der Waals surface area contributed by atoms with E-state index in [1.54, 1.807) is 6.07 Å². The Morgan fingerprint density at radius 1 is 1.20 bits per heavy atom. The summed E-state index contributed by atoms with van der Waals surface area (Å²) in [6.45, 7) is 2.07. The molecule has 0 spiro atoms. The van der Waals surface area contributed by atoms with Gasteiger partial charge in [0.1, 0.15) is 17.3 Å². The van der Waals surface area contributed by atoms with Crippen LogP contribution in [-0.4, -0.2) is 7.05 Å². The van der Waals surface area contributed by atoms with Gasteiger partial charge in [-0.2, -0.15) is 0 Å². The Morgan fingerprint density at radius 3 is 2.45 bits per heavy atom. The Bertz CT molecular complexity index is 621. The molecule has 0 bridgehead atoms. The largest absolute Gasteiger partial charge is 0.457 e. The maximum atomic E-state index is 13.1. The lowest BCUT2D eigenvalue weighted by atomic mass is 10.1. The second-order valence-electron chi connectivity index (χ2n) is 4.37. The maximum absolute atomic E-state index is 13.1. The molecule has 1 N–H and O–H groups in total. The standard InChI is InChI=1S/C15H14BrClFNO/c1-9(19-2)12-5-3-10(7-13(12)16)20-11-4-6-15(18)14(17)8-11/h3-9,19H,1-2H3. The molecule has 20 heavy (non-hydrogen) atoms. The zero-order chi connectivity index (χ0) is 14.7. The number of halogens is 3. The lowest BCUT2D eigenvalue weighted by Gasteiger charge is -2.14. The van der Waals surface area contributed by atoms with Gasteiger partial charge in [-0.25, -0.2) is 4.39 Å². The second-order valence-corrected chi connectivity index (χ2v) is 5.63. The van der Waals surface area contributed by atoms with Crippen LogP contribution in [0.3, 0.4) is 0 Å². The third kappa shape index (κ3) is 3.51. The first kappa shape index (κ1) is 15.3. The molecule has 2 aromatic rings. The van der Waals surface area contributed by atoms with Gasteiger partial charge in [-0.05, 0) is 43.8 Å². The van der Waals surface area contributed by atoms with E-state index in [-0.39, 0.29) is 11.1 Å². The van der Waals surface area contributed by atoms with Crippen LogP contribution in [0.2, 0.25) is 5.02 Å². The molecule has 1 unspecified atom stereocenters. The average molecular weight is 359 g/mol. The van der Waals surface area contributed by atoms with Gasteiger partial charge in [0.05, 0.1) is 5.02 Å². The minimum atomic E-state index is -0.460. The summed E-state index contributed by atoms with van der Waals surface area (Å²) in [4.78, 5) is 0. The summed E-state index contributed by atoms with van der Waals surface area (Å²) in [5.41, 5.74) is 1.14. The van der Waals surface area contributed by atoms with Crippen molar-refractivity contribution in [3.8, 4) is 11.5 Å². The van der Waals surface area contributed by atoms with Gasteiger partial charge in [-0.1, -0.05) is 33.6 Å². The topological polar surface area (TPSA) is 21.3 Å². The average Bonchev–Trinajstić information content (AvgIpc) is 2.42. The molecule has 0 saturated carbocycles. The van der Waals surface area contributed by atoms with Crippen LogP contribution in [0.15, 0.2) is 40.9 Å². The molecule has 106 valence electrons. The molecule has 2 nitrogen and oxygen atoms in total. The summed E-state index contributed by atoms with van der Waals surface area (Å²) in [5.74, 6) is 0.697. The number of benzene rings is 2. The van der Waals surface area contributed by atoms with Crippen LogP contribution in [0.5, 0.6) is 11.5 Å². The van der Waals surface area contributed by atoms with Gasteiger partial charge in [0.2, 0.25) is 0 Å². The molecule has 2 rings (SSSR count). The van der Waals surface area contributed by atoms with Crippen molar-refractivity contribution in [2.24, 2.45) is 0 Å². The van der Waals surface area contributed by atoms with Gasteiger partial charge < -0.3 is 10.1 Å². The molecule has 0 aliphatic carbocycles. The molecular weight excluding hydrogens is 345 g/mol. The number of rotatable bonds is 4. The molecule has 1 atom stereocenters. The monoisotopic (exact) mass is 357 g/mol. The summed E-state index contributed by atoms with van der Waals surface area (Å²) in [7, 11) is 1.90. The predicted octanol–water partition coefficient (Wildman–Crippen LogP) is 5.31. The number of nitrogens with one attached hydrogen (secondary N) is 1. The van der Waals surface area contributed by atoms with Crippen molar-refractivity contribution >= 4 is 27.5 Å². The van der Waals surface area contributed by atoms with E-state index in [1.165, 1.54) is 12.1 Å². The van der Waals surface area contributed by atoms with E-state index >= 15 is 0 Å². The molecule has 0 saturated heterocycles. The lowest BCUT2D eigenvalue weighted by molar-refractivity contribution is 0.479. The van der Waals surface area contributed by atoms with E-state index in [2.05, 4.69) is 28.2 Å². The zero-order valence-electron chi connectivity index (χ0n) is 11.1. The molecule has 0 aliphatic heterocycles. The number of hydrogen-bond acceptors (Lipinski definition) is 2. The van der Waals surface area contributed by atoms with Gasteiger partial charge in [0.15, 0.2) is 0 Å². The number of ether oxygens (including phenoxy) is 1. The first-order valence-electron chi connectivity index (χ1n) is 6.11. The summed E-state index contributed by atoms with van der Waals surface area (Å²) in [6, 6.07) is 10.2. The predicted molar refractivity (Wildman–Crippen MR) is 83.1 cm³/mol. The summed E-state index contributed by atoms with van der Waals surface area (Å²) >= 11 is 9.25. The van der Waals surface area contributed by atoms with E-state index < -0.39 is 5.82 Å². The highest BCUT2D eigenvalue weighted by Gasteiger charge is 2.09. The fourth-order valence-electron chi connectivity index (χ4n) is 1.75. The normalized spacial score (nSPS) is 12.2. The molecule has 0 heterocycles. The minimum Gasteiger partial charge on any atom is -0.457 e. The van der Waals surface area contributed by atoms with E-state index in [0.717, 1.165) is 10.0 Å². The van der Waals surface area contributed by atoms with Gasteiger partial charge in [-0.3, -0.25) is 0 Å². The van der Waals surface area contributed by atoms with Crippen LogP contribution >= 0.6 is 27.5 Å². The fraction of sp³-hybridized carbons (Fsp3) is 0.200. The maximum Gasteiger partial charge on any atom is 0.142 e. The molecule has 2 aromatic carbocycles. The van der Waals surface area contributed by atoms with Crippen molar-refractivity contribution < 1.29 is 9.13 Å². The smallest absolute Gasteiger partial charge is 0.142 e. The third-order valence-electron chi connectivity index (χ3n) is 3.00. The Labute approximate surface area is 131 Å². The van der Waals surface area contributed by atoms with Crippen molar-refractivity contribution in [3.05, 3.63) is 57.3 Å². The minimum absolute atomic E-state index is 0.0435. The van der Waals surface area contributed by atoms with Crippen molar-refractivity contribution in [1.29, 1.82) is 0 Å². The zero-order valence-corrected chi connectivity index (χ0v) is 13.4. The second kappa shape index (κ2) is 6.57. The van der Waals surface area contributed by atoms with Crippen molar-refractivity contribution in [3.63, 3.8) is 0 Å². The van der Waals surface area contributed by atoms with Crippen LogP contribution < -0.4 is 10.1 Å². The molecule has 0 aromatic heterocycles. The van der Waals surface area contributed by atoms with Gasteiger partial charge in [0, 0.05) is 16.6 Å². The quantitative estimate of drug-likeness (QED) is 0.799. The van der Waals surface area contributed by atoms with Crippen LogP contribution in [0.4, 0.5) is 4.39 Å². The first-order valence-corrected chi connectivity index (χ1v) is 7.28. The van der Waals surface area contributed by atoms with E-state index in [0.29, 0.717) is 11.5 Å².